The molecule has 0 aromatic heterocycles. The molecule has 1 fully saturated rings. The highest BCUT2D eigenvalue weighted by Crippen LogP contribution is 2.33. The maximum atomic E-state index is 9.23. The molecule has 1 aliphatic heterocycles. The molecule has 1 atom stereocenters. The fourth-order valence-corrected chi connectivity index (χ4v) is 3.25. The molecular weight excluding hydrogens is 272 g/mol. The minimum absolute atomic E-state index is 0.380. The summed E-state index contributed by atoms with van der Waals surface area (Å²) in [6, 6.07) is 10.3. The van der Waals surface area contributed by atoms with E-state index in [1.54, 1.807) is 0 Å². The SMILES string of the molecule is N#CC1(Nc2ccccc2Br)CCSC1. The molecule has 0 aliphatic carbocycles. The number of nitrogens with zero attached hydrogens (tertiary/aromatic N) is 1. The van der Waals surface area contributed by atoms with Crippen LogP contribution in [0.25, 0.3) is 0 Å². The zero-order valence-corrected chi connectivity index (χ0v) is 10.6. The Bertz CT molecular complexity index is 394. The van der Waals surface area contributed by atoms with E-state index in [9.17, 15) is 5.26 Å². The summed E-state index contributed by atoms with van der Waals surface area (Å²) in [5.41, 5.74) is 0.621. The number of para-hydroxylation sites is 1. The molecule has 1 heterocycles. The van der Waals surface area contributed by atoms with Gasteiger partial charge in [0.25, 0.3) is 0 Å². The summed E-state index contributed by atoms with van der Waals surface area (Å²) in [4.78, 5) is 0. The summed E-state index contributed by atoms with van der Waals surface area (Å²) >= 11 is 5.31. The Morgan fingerprint density at radius 1 is 1.47 bits per heavy atom. The Morgan fingerprint density at radius 3 is 2.87 bits per heavy atom. The smallest absolute Gasteiger partial charge is 0.135 e. The Morgan fingerprint density at radius 2 is 2.27 bits per heavy atom. The zero-order valence-electron chi connectivity index (χ0n) is 8.16. The third kappa shape index (κ3) is 2.30. The van der Waals surface area contributed by atoms with Gasteiger partial charge in [0.2, 0.25) is 0 Å². The highest BCUT2D eigenvalue weighted by molar-refractivity contribution is 9.10. The van der Waals surface area contributed by atoms with E-state index >= 15 is 0 Å². The van der Waals surface area contributed by atoms with E-state index in [-0.39, 0.29) is 5.54 Å². The lowest BCUT2D eigenvalue weighted by Crippen LogP contribution is -2.36. The molecule has 1 aromatic rings. The van der Waals surface area contributed by atoms with Crippen molar-refractivity contribution in [3.63, 3.8) is 0 Å². The van der Waals surface area contributed by atoms with Gasteiger partial charge in [-0.05, 0) is 40.2 Å². The van der Waals surface area contributed by atoms with E-state index in [1.165, 1.54) is 0 Å². The fourth-order valence-electron chi connectivity index (χ4n) is 1.60. The van der Waals surface area contributed by atoms with Gasteiger partial charge in [0.05, 0.1) is 6.07 Å². The van der Waals surface area contributed by atoms with Crippen molar-refractivity contribution in [3.05, 3.63) is 28.7 Å². The average Bonchev–Trinajstić information content (AvgIpc) is 2.71. The number of benzene rings is 1. The molecule has 4 heteroatoms. The number of nitriles is 1. The molecule has 1 unspecified atom stereocenters. The molecule has 15 heavy (non-hydrogen) atoms. The maximum absolute atomic E-state index is 9.23. The molecular formula is C11H11BrN2S. The number of rotatable bonds is 2. The molecule has 2 rings (SSSR count). The van der Waals surface area contributed by atoms with Gasteiger partial charge in [-0.15, -0.1) is 0 Å². The number of thioether (sulfide) groups is 1. The van der Waals surface area contributed by atoms with Crippen LogP contribution in [0.2, 0.25) is 0 Å². The Labute approximate surface area is 102 Å². The molecule has 0 saturated carbocycles. The standard InChI is InChI=1S/C11H11BrN2S/c12-9-3-1-2-4-10(9)14-11(7-13)5-6-15-8-11/h1-4,14H,5-6,8H2. The minimum Gasteiger partial charge on any atom is -0.366 e. The third-order valence-corrected chi connectivity index (χ3v) is 4.36. The van der Waals surface area contributed by atoms with Crippen molar-refractivity contribution in [1.29, 1.82) is 5.26 Å². The van der Waals surface area contributed by atoms with Gasteiger partial charge in [-0.1, -0.05) is 12.1 Å². The van der Waals surface area contributed by atoms with Gasteiger partial charge in [-0.2, -0.15) is 17.0 Å². The highest BCUT2D eigenvalue weighted by atomic mass is 79.9. The van der Waals surface area contributed by atoms with Crippen LogP contribution in [-0.2, 0) is 0 Å². The largest absolute Gasteiger partial charge is 0.366 e. The van der Waals surface area contributed by atoms with Crippen LogP contribution in [0.1, 0.15) is 6.42 Å². The molecule has 1 aromatic carbocycles. The number of hydrogen-bond donors (Lipinski definition) is 1. The van der Waals surface area contributed by atoms with E-state index in [0.29, 0.717) is 0 Å². The van der Waals surface area contributed by atoms with Crippen LogP contribution in [0.4, 0.5) is 5.69 Å². The maximum Gasteiger partial charge on any atom is 0.135 e. The Kier molecular flexibility index (Phi) is 3.22. The van der Waals surface area contributed by atoms with Gasteiger partial charge in [-0.25, -0.2) is 0 Å². The molecule has 2 nitrogen and oxygen atoms in total. The summed E-state index contributed by atoms with van der Waals surface area (Å²) in [6.07, 6.45) is 0.912. The van der Waals surface area contributed by atoms with Gasteiger partial charge < -0.3 is 5.32 Å². The predicted molar refractivity (Wildman–Crippen MR) is 68.1 cm³/mol. The highest BCUT2D eigenvalue weighted by Gasteiger charge is 2.34. The lowest BCUT2D eigenvalue weighted by molar-refractivity contribution is 0.666. The molecule has 0 spiro atoms. The minimum atomic E-state index is -0.380. The van der Waals surface area contributed by atoms with Crippen molar-refractivity contribution in [2.75, 3.05) is 16.8 Å². The predicted octanol–water partition coefficient (Wildman–Crippen LogP) is 3.26. The quantitative estimate of drug-likeness (QED) is 0.905. The van der Waals surface area contributed by atoms with Crippen LogP contribution in [0.3, 0.4) is 0 Å². The summed E-state index contributed by atoms with van der Waals surface area (Å²) in [5.74, 6) is 1.93. The number of hydrogen-bond acceptors (Lipinski definition) is 3. The lowest BCUT2D eigenvalue weighted by atomic mass is 10.0. The van der Waals surface area contributed by atoms with Gasteiger partial charge >= 0.3 is 0 Å². The fraction of sp³-hybridized carbons (Fsp3) is 0.364. The summed E-state index contributed by atoms with van der Waals surface area (Å²) in [5, 5.41) is 12.6. The molecule has 1 aliphatic rings. The summed E-state index contributed by atoms with van der Waals surface area (Å²) in [6.45, 7) is 0. The number of nitrogens with one attached hydrogen (secondary N) is 1. The summed E-state index contributed by atoms with van der Waals surface area (Å²) < 4.78 is 1.01. The Balaban J connectivity index is 2.21. The monoisotopic (exact) mass is 282 g/mol. The summed E-state index contributed by atoms with van der Waals surface area (Å²) in [7, 11) is 0. The number of halogens is 1. The second-order valence-electron chi connectivity index (χ2n) is 3.60. The van der Waals surface area contributed by atoms with E-state index in [2.05, 4.69) is 27.3 Å². The van der Waals surface area contributed by atoms with Gasteiger partial charge in [0.15, 0.2) is 0 Å². The molecule has 1 saturated heterocycles. The van der Waals surface area contributed by atoms with Gasteiger partial charge in [0, 0.05) is 15.9 Å². The van der Waals surface area contributed by atoms with Crippen molar-refractivity contribution < 1.29 is 0 Å². The Hall–Kier alpha value is -0.660. The first-order chi connectivity index (χ1) is 7.26. The average molecular weight is 283 g/mol. The first kappa shape index (κ1) is 10.8. The first-order valence-electron chi connectivity index (χ1n) is 4.77. The van der Waals surface area contributed by atoms with E-state index in [4.69, 9.17) is 0 Å². The molecule has 0 radical (unpaired) electrons. The van der Waals surface area contributed by atoms with Crippen LogP contribution in [0.5, 0.6) is 0 Å². The molecule has 78 valence electrons. The van der Waals surface area contributed by atoms with Gasteiger partial charge in [0.1, 0.15) is 5.54 Å². The third-order valence-electron chi connectivity index (χ3n) is 2.48. The van der Waals surface area contributed by atoms with Crippen LogP contribution in [0, 0.1) is 11.3 Å². The van der Waals surface area contributed by atoms with E-state index < -0.39 is 0 Å². The van der Waals surface area contributed by atoms with Crippen molar-refractivity contribution in [2.24, 2.45) is 0 Å². The van der Waals surface area contributed by atoms with Crippen LogP contribution in [-0.4, -0.2) is 17.0 Å². The molecule has 1 N–H and O–H groups in total. The van der Waals surface area contributed by atoms with Crippen LogP contribution >= 0.6 is 27.7 Å². The van der Waals surface area contributed by atoms with Crippen molar-refractivity contribution >= 4 is 33.4 Å². The molecule has 0 bridgehead atoms. The second-order valence-corrected chi connectivity index (χ2v) is 5.56. The first-order valence-corrected chi connectivity index (χ1v) is 6.72. The zero-order chi connectivity index (χ0) is 10.7. The lowest BCUT2D eigenvalue weighted by Gasteiger charge is -2.23. The van der Waals surface area contributed by atoms with Crippen molar-refractivity contribution in [3.8, 4) is 6.07 Å². The topological polar surface area (TPSA) is 35.8 Å². The van der Waals surface area contributed by atoms with E-state index in [0.717, 1.165) is 28.1 Å². The van der Waals surface area contributed by atoms with E-state index in [1.807, 2.05) is 36.0 Å². The second kappa shape index (κ2) is 4.46. The molecule has 0 amide bonds. The number of anilines is 1. The normalized spacial score (nSPS) is 24.8. The van der Waals surface area contributed by atoms with Crippen molar-refractivity contribution in [2.45, 2.75) is 12.0 Å². The van der Waals surface area contributed by atoms with Crippen molar-refractivity contribution in [1.82, 2.24) is 0 Å². The van der Waals surface area contributed by atoms with Gasteiger partial charge in [-0.3, -0.25) is 0 Å². The van der Waals surface area contributed by atoms with Crippen LogP contribution in [0.15, 0.2) is 28.7 Å². The van der Waals surface area contributed by atoms with Crippen LogP contribution < -0.4 is 5.32 Å².